The number of hydrogen-bond donors (Lipinski definition) is 2. The fourth-order valence-corrected chi connectivity index (χ4v) is 2.67. The van der Waals surface area contributed by atoms with Crippen LogP contribution in [0.25, 0.3) is 5.69 Å². The maximum Gasteiger partial charge on any atom is 0.274 e. The molecule has 0 saturated heterocycles. The molecule has 0 bridgehead atoms. The number of hydrogen-bond acceptors (Lipinski definition) is 5. The lowest BCUT2D eigenvalue weighted by Gasteiger charge is -2.08. The predicted octanol–water partition coefficient (Wildman–Crippen LogP) is 2.87. The third kappa shape index (κ3) is 3.62. The van der Waals surface area contributed by atoms with Crippen LogP contribution in [0.15, 0.2) is 42.5 Å². The molecule has 0 fully saturated rings. The van der Waals surface area contributed by atoms with E-state index in [4.69, 9.17) is 16.3 Å². The molecule has 0 saturated carbocycles. The van der Waals surface area contributed by atoms with Crippen LogP contribution in [0.4, 0.5) is 0 Å². The zero-order chi connectivity index (χ0) is 18.7. The van der Waals surface area contributed by atoms with Crippen LogP contribution >= 0.6 is 11.6 Å². The standard InChI is InChI=1S/C18H17ClN4O3/c1-11-17(21-22-23(11)14-5-3-4-13(19)9-14)18(25)20-10-12-6-7-15(24)16(8-12)26-2/h3-9,24H,10H2,1-2H3,(H,20,25). The van der Waals surface area contributed by atoms with Gasteiger partial charge in [0.2, 0.25) is 0 Å². The van der Waals surface area contributed by atoms with Gasteiger partial charge in [-0.1, -0.05) is 28.9 Å². The summed E-state index contributed by atoms with van der Waals surface area (Å²) in [5.41, 5.74) is 2.35. The first-order valence-corrected chi connectivity index (χ1v) is 8.19. The quantitative estimate of drug-likeness (QED) is 0.718. The molecule has 1 heterocycles. The minimum atomic E-state index is -0.345. The van der Waals surface area contributed by atoms with E-state index in [1.165, 1.54) is 13.2 Å². The van der Waals surface area contributed by atoms with Crippen molar-refractivity contribution in [2.24, 2.45) is 0 Å². The van der Waals surface area contributed by atoms with Crippen LogP contribution in [-0.2, 0) is 6.54 Å². The molecule has 134 valence electrons. The molecule has 0 aliphatic heterocycles. The van der Waals surface area contributed by atoms with Gasteiger partial charge in [-0.2, -0.15) is 0 Å². The molecule has 2 aromatic carbocycles. The number of methoxy groups -OCH3 is 1. The first-order chi connectivity index (χ1) is 12.5. The number of phenols is 1. The molecule has 0 spiro atoms. The minimum Gasteiger partial charge on any atom is -0.504 e. The molecule has 1 aromatic heterocycles. The molecule has 2 N–H and O–H groups in total. The molecule has 1 amide bonds. The molecule has 3 aromatic rings. The van der Waals surface area contributed by atoms with Crippen LogP contribution in [0.2, 0.25) is 5.02 Å². The topological polar surface area (TPSA) is 89.3 Å². The number of carbonyl (C=O) groups excluding carboxylic acids is 1. The minimum absolute atomic E-state index is 0.0443. The van der Waals surface area contributed by atoms with Crippen molar-refractivity contribution in [2.45, 2.75) is 13.5 Å². The number of aromatic nitrogens is 3. The highest BCUT2D eigenvalue weighted by atomic mass is 35.5. The Bertz CT molecular complexity index is 955. The van der Waals surface area contributed by atoms with E-state index in [9.17, 15) is 9.90 Å². The molecule has 0 atom stereocenters. The highest BCUT2D eigenvalue weighted by molar-refractivity contribution is 6.30. The Labute approximate surface area is 155 Å². The molecule has 3 rings (SSSR count). The summed E-state index contributed by atoms with van der Waals surface area (Å²) < 4.78 is 6.62. The maximum absolute atomic E-state index is 12.4. The lowest BCUT2D eigenvalue weighted by atomic mass is 10.2. The fourth-order valence-electron chi connectivity index (χ4n) is 2.49. The summed E-state index contributed by atoms with van der Waals surface area (Å²) in [6.07, 6.45) is 0. The number of nitrogens with one attached hydrogen (secondary N) is 1. The van der Waals surface area contributed by atoms with Crippen LogP contribution in [0.3, 0.4) is 0 Å². The van der Waals surface area contributed by atoms with Crippen molar-refractivity contribution in [3.63, 3.8) is 0 Å². The van der Waals surface area contributed by atoms with E-state index in [0.717, 1.165) is 11.3 Å². The summed E-state index contributed by atoms with van der Waals surface area (Å²) in [4.78, 5) is 12.4. The van der Waals surface area contributed by atoms with Crippen LogP contribution in [0, 0.1) is 6.92 Å². The van der Waals surface area contributed by atoms with Gasteiger partial charge in [-0.15, -0.1) is 5.10 Å². The third-order valence-corrected chi connectivity index (χ3v) is 4.09. The molecular weight excluding hydrogens is 356 g/mol. The summed E-state index contributed by atoms with van der Waals surface area (Å²) >= 11 is 6.00. The van der Waals surface area contributed by atoms with E-state index in [0.29, 0.717) is 16.5 Å². The van der Waals surface area contributed by atoms with Crippen molar-refractivity contribution in [3.05, 3.63) is 64.4 Å². The van der Waals surface area contributed by atoms with E-state index in [1.54, 1.807) is 41.9 Å². The first kappa shape index (κ1) is 17.8. The Morgan fingerprint density at radius 1 is 1.31 bits per heavy atom. The molecule has 0 aliphatic rings. The molecule has 7 nitrogen and oxygen atoms in total. The van der Waals surface area contributed by atoms with Gasteiger partial charge in [0.25, 0.3) is 5.91 Å². The van der Waals surface area contributed by atoms with E-state index in [2.05, 4.69) is 15.6 Å². The molecule has 8 heteroatoms. The van der Waals surface area contributed by atoms with Crippen LogP contribution in [-0.4, -0.2) is 33.1 Å². The number of carbonyl (C=O) groups is 1. The highest BCUT2D eigenvalue weighted by Crippen LogP contribution is 2.26. The molecule has 0 aliphatic carbocycles. The van der Waals surface area contributed by atoms with E-state index < -0.39 is 0 Å². The van der Waals surface area contributed by atoms with Gasteiger partial charge in [0.1, 0.15) is 0 Å². The molecule has 26 heavy (non-hydrogen) atoms. The van der Waals surface area contributed by atoms with Crippen molar-refractivity contribution in [1.82, 2.24) is 20.3 Å². The van der Waals surface area contributed by atoms with Gasteiger partial charge >= 0.3 is 0 Å². The third-order valence-electron chi connectivity index (χ3n) is 3.86. The lowest BCUT2D eigenvalue weighted by molar-refractivity contribution is 0.0945. The Morgan fingerprint density at radius 3 is 2.85 bits per heavy atom. The summed E-state index contributed by atoms with van der Waals surface area (Å²) in [7, 11) is 1.47. The summed E-state index contributed by atoms with van der Waals surface area (Å²) in [6, 6.07) is 12.0. The average molecular weight is 373 g/mol. The van der Waals surface area contributed by atoms with Crippen molar-refractivity contribution >= 4 is 17.5 Å². The number of rotatable bonds is 5. The highest BCUT2D eigenvalue weighted by Gasteiger charge is 2.17. The Balaban J connectivity index is 1.75. The van der Waals surface area contributed by atoms with Crippen LogP contribution < -0.4 is 10.1 Å². The van der Waals surface area contributed by atoms with Gasteiger partial charge in [-0.05, 0) is 42.8 Å². The van der Waals surface area contributed by atoms with Crippen molar-refractivity contribution in [2.75, 3.05) is 7.11 Å². The molecule has 0 radical (unpaired) electrons. The zero-order valence-corrected chi connectivity index (χ0v) is 15.0. The summed E-state index contributed by atoms with van der Waals surface area (Å²) in [5.74, 6) is 0.0468. The number of phenolic OH excluding ortho intramolecular Hbond substituents is 1. The Morgan fingerprint density at radius 2 is 2.12 bits per heavy atom. The Hall–Kier alpha value is -3.06. The van der Waals surface area contributed by atoms with E-state index >= 15 is 0 Å². The second-order valence-corrected chi connectivity index (χ2v) is 6.04. The molecule has 0 unspecified atom stereocenters. The monoisotopic (exact) mass is 372 g/mol. The SMILES string of the molecule is COc1cc(CNC(=O)c2nnn(-c3cccc(Cl)c3)c2C)ccc1O. The number of halogens is 1. The second-order valence-electron chi connectivity index (χ2n) is 5.60. The normalized spacial score (nSPS) is 10.6. The number of benzene rings is 2. The smallest absolute Gasteiger partial charge is 0.274 e. The first-order valence-electron chi connectivity index (χ1n) is 7.82. The van der Waals surface area contributed by atoms with Gasteiger partial charge in [-0.3, -0.25) is 4.79 Å². The van der Waals surface area contributed by atoms with E-state index in [1.807, 2.05) is 6.07 Å². The van der Waals surface area contributed by atoms with Crippen molar-refractivity contribution < 1.29 is 14.6 Å². The van der Waals surface area contributed by atoms with Gasteiger partial charge in [0.05, 0.1) is 18.5 Å². The number of ether oxygens (including phenoxy) is 1. The summed E-state index contributed by atoms with van der Waals surface area (Å²) in [6.45, 7) is 2.03. The Kier molecular flexibility index (Phi) is 5.09. The van der Waals surface area contributed by atoms with Crippen molar-refractivity contribution in [1.29, 1.82) is 0 Å². The largest absolute Gasteiger partial charge is 0.504 e. The number of aromatic hydroxyl groups is 1. The lowest BCUT2D eigenvalue weighted by Crippen LogP contribution is -2.24. The predicted molar refractivity (Wildman–Crippen MR) is 96.9 cm³/mol. The van der Waals surface area contributed by atoms with Gasteiger partial charge in [-0.25, -0.2) is 4.68 Å². The fraction of sp³-hybridized carbons (Fsp3) is 0.167. The number of amides is 1. The average Bonchev–Trinajstić information content (AvgIpc) is 3.02. The van der Waals surface area contributed by atoms with Crippen molar-refractivity contribution in [3.8, 4) is 17.2 Å². The summed E-state index contributed by atoms with van der Waals surface area (Å²) in [5, 5.41) is 21.0. The van der Waals surface area contributed by atoms with Gasteiger partial charge in [0, 0.05) is 11.6 Å². The van der Waals surface area contributed by atoms with Crippen LogP contribution in [0.1, 0.15) is 21.7 Å². The van der Waals surface area contributed by atoms with E-state index in [-0.39, 0.29) is 23.9 Å². The zero-order valence-electron chi connectivity index (χ0n) is 14.2. The molecular formula is C18H17ClN4O3. The van der Waals surface area contributed by atoms with Crippen LogP contribution in [0.5, 0.6) is 11.5 Å². The second kappa shape index (κ2) is 7.45. The van der Waals surface area contributed by atoms with Gasteiger partial charge in [0.15, 0.2) is 17.2 Å². The number of nitrogens with zero attached hydrogens (tertiary/aromatic N) is 3. The maximum atomic E-state index is 12.4. The van der Waals surface area contributed by atoms with Gasteiger partial charge < -0.3 is 15.2 Å².